The molecule has 3 nitrogen and oxygen atoms in total. The van der Waals surface area contributed by atoms with Crippen molar-refractivity contribution in [1.29, 1.82) is 0 Å². The number of hydrogen-bond donors (Lipinski definition) is 0. The van der Waals surface area contributed by atoms with Crippen LogP contribution in [-0.2, 0) is 17.7 Å². The lowest BCUT2D eigenvalue weighted by molar-refractivity contribution is 0.0963. The molecule has 0 saturated carbocycles. The van der Waals surface area contributed by atoms with Crippen LogP contribution >= 0.6 is 0 Å². The fraction of sp³-hybridized carbons (Fsp3) is 0.438. The SMILES string of the molecule is Cc1ccc2c(c1)c1c(n2CC2CO2)C(=O)CCC1. The van der Waals surface area contributed by atoms with Crippen molar-refractivity contribution in [2.24, 2.45) is 0 Å². The molecule has 1 atom stereocenters. The Morgan fingerprint density at radius 2 is 2.21 bits per heavy atom. The van der Waals surface area contributed by atoms with Gasteiger partial charge in [0, 0.05) is 17.3 Å². The van der Waals surface area contributed by atoms with Crippen LogP contribution in [0.5, 0.6) is 0 Å². The number of nitrogens with zero attached hydrogens (tertiary/aromatic N) is 1. The summed E-state index contributed by atoms with van der Waals surface area (Å²) in [7, 11) is 0. The maximum absolute atomic E-state index is 12.3. The van der Waals surface area contributed by atoms with Gasteiger partial charge in [0.2, 0.25) is 0 Å². The van der Waals surface area contributed by atoms with E-state index in [1.807, 2.05) is 0 Å². The second-order valence-electron chi connectivity index (χ2n) is 5.69. The molecule has 4 rings (SSSR count). The molecule has 1 saturated heterocycles. The topological polar surface area (TPSA) is 34.5 Å². The van der Waals surface area contributed by atoms with Crippen molar-refractivity contribution in [3.8, 4) is 0 Å². The first kappa shape index (κ1) is 11.2. The van der Waals surface area contributed by atoms with E-state index in [4.69, 9.17) is 4.74 Å². The first-order valence-electron chi connectivity index (χ1n) is 7.00. The first-order chi connectivity index (χ1) is 9.24. The molecule has 0 bridgehead atoms. The van der Waals surface area contributed by atoms with E-state index in [1.165, 1.54) is 22.0 Å². The lowest BCUT2D eigenvalue weighted by Crippen LogP contribution is -2.17. The van der Waals surface area contributed by atoms with Crippen molar-refractivity contribution < 1.29 is 9.53 Å². The summed E-state index contributed by atoms with van der Waals surface area (Å²) >= 11 is 0. The molecular formula is C16H17NO2. The summed E-state index contributed by atoms with van der Waals surface area (Å²) in [5.41, 5.74) is 4.66. The molecule has 1 unspecified atom stereocenters. The molecule has 2 aliphatic rings. The summed E-state index contributed by atoms with van der Waals surface area (Å²) < 4.78 is 7.55. The van der Waals surface area contributed by atoms with E-state index in [9.17, 15) is 4.79 Å². The highest BCUT2D eigenvalue weighted by molar-refractivity contribution is 6.04. The third-order valence-electron chi connectivity index (χ3n) is 4.21. The second kappa shape index (κ2) is 3.94. The van der Waals surface area contributed by atoms with Crippen molar-refractivity contribution in [3.63, 3.8) is 0 Å². The molecule has 19 heavy (non-hydrogen) atoms. The Balaban J connectivity index is 2.00. The van der Waals surface area contributed by atoms with Gasteiger partial charge >= 0.3 is 0 Å². The van der Waals surface area contributed by atoms with Gasteiger partial charge in [-0.3, -0.25) is 4.79 Å². The average Bonchev–Trinajstić information content (AvgIpc) is 3.15. The summed E-state index contributed by atoms with van der Waals surface area (Å²) in [6.45, 7) is 3.76. The van der Waals surface area contributed by atoms with E-state index < -0.39 is 0 Å². The molecule has 98 valence electrons. The van der Waals surface area contributed by atoms with E-state index in [0.717, 1.165) is 31.7 Å². The largest absolute Gasteiger partial charge is 0.371 e. The minimum absolute atomic E-state index is 0.302. The fourth-order valence-electron chi connectivity index (χ4n) is 3.22. The van der Waals surface area contributed by atoms with E-state index in [-0.39, 0.29) is 0 Å². The lowest BCUT2D eigenvalue weighted by atomic mass is 9.94. The van der Waals surface area contributed by atoms with Crippen LogP contribution < -0.4 is 0 Å². The van der Waals surface area contributed by atoms with E-state index in [0.29, 0.717) is 18.3 Å². The zero-order valence-electron chi connectivity index (χ0n) is 11.1. The third-order valence-corrected chi connectivity index (χ3v) is 4.21. The van der Waals surface area contributed by atoms with Crippen LogP contribution in [0.1, 0.15) is 34.5 Å². The predicted octanol–water partition coefficient (Wildman–Crippen LogP) is 2.87. The van der Waals surface area contributed by atoms with Gasteiger partial charge in [0.15, 0.2) is 5.78 Å². The van der Waals surface area contributed by atoms with Gasteiger partial charge in [0.25, 0.3) is 0 Å². The number of carbonyl (C=O) groups is 1. The van der Waals surface area contributed by atoms with Crippen LogP contribution in [0.2, 0.25) is 0 Å². The molecule has 0 spiro atoms. The van der Waals surface area contributed by atoms with E-state index in [1.54, 1.807) is 0 Å². The van der Waals surface area contributed by atoms with E-state index >= 15 is 0 Å². The molecule has 2 heterocycles. The van der Waals surface area contributed by atoms with Crippen LogP contribution in [0.3, 0.4) is 0 Å². The minimum atomic E-state index is 0.302. The molecule has 0 radical (unpaired) electrons. The van der Waals surface area contributed by atoms with Gasteiger partial charge in [0.1, 0.15) is 0 Å². The third kappa shape index (κ3) is 1.72. The van der Waals surface area contributed by atoms with Crippen LogP contribution in [0.25, 0.3) is 10.9 Å². The Morgan fingerprint density at radius 1 is 1.37 bits per heavy atom. The Morgan fingerprint density at radius 3 is 3.00 bits per heavy atom. The Bertz CT molecular complexity index is 680. The molecule has 1 aliphatic heterocycles. The number of Topliss-reactive ketones (excluding diaryl/α,β-unsaturated/α-hetero) is 1. The maximum atomic E-state index is 12.3. The van der Waals surface area contributed by atoms with Crippen molar-refractivity contribution in [1.82, 2.24) is 4.57 Å². The van der Waals surface area contributed by atoms with E-state index in [2.05, 4.69) is 29.7 Å². The van der Waals surface area contributed by atoms with Crippen LogP contribution in [0.15, 0.2) is 18.2 Å². The molecule has 2 aromatic rings. The van der Waals surface area contributed by atoms with Gasteiger partial charge < -0.3 is 9.30 Å². The normalized spacial score (nSPS) is 21.7. The standard InChI is InChI=1S/C16H17NO2/c1-10-5-6-14-13(7-10)12-3-2-4-15(18)16(12)17(14)8-11-9-19-11/h5-7,11H,2-4,8-9H2,1H3. The highest BCUT2D eigenvalue weighted by Gasteiger charge is 2.30. The molecule has 0 N–H and O–H groups in total. The van der Waals surface area contributed by atoms with Gasteiger partial charge in [-0.05, 0) is 37.5 Å². The number of ketones is 1. The zero-order chi connectivity index (χ0) is 13.0. The molecule has 1 aliphatic carbocycles. The number of fused-ring (bicyclic) bond motifs is 3. The smallest absolute Gasteiger partial charge is 0.179 e. The number of aromatic nitrogens is 1. The number of hydrogen-bond acceptors (Lipinski definition) is 2. The highest BCUT2D eigenvalue weighted by atomic mass is 16.6. The summed E-state index contributed by atoms with van der Waals surface area (Å²) in [6, 6.07) is 6.50. The molecule has 0 amide bonds. The van der Waals surface area contributed by atoms with Gasteiger partial charge in [-0.2, -0.15) is 0 Å². The Kier molecular flexibility index (Phi) is 2.33. The first-order valence-corrected chi connectivity index (χ1v) is 7.00. The Labute approximate surface area is 112 Å². The molecule has 1 aromatic heterocycles. The quantitative estimate of drug-likeness (QED) is 0.773. The second-order valence-corrected chi connectivity index (χ2v) is 5.69. The van der Waals surface area contributed by atoms with Crippen LogP contribution in [-0.4, -0.2) is 23.1 Å². The van der Waals surface area contributed by atoms with Crippen molar-refractivity contribution in [2.45, 2.75) is 38.8 Å². The van der Waals surface area contributed by atoms with Gasteiger partial charge in [-0.1, -0.05) is 11.6 Å². The van der Waals surface area contributed by atoms with Gasteiger partial charge in [-0.15, -0.1) is 0 Å². The van der Waals surface area contributed by atoms with Crippen LogP contribution in [0, 0.1) is 6.92 Å². The number of benzene rings is 1. The summed E-state index contributed by atoms with van der Waals surface area (Å²) in [5, 5.41) is 1.27. The summed E-state index contributed by atoms with van der Waals surface area (Å²) in [6.07, 6.45) is 3.00. The predicted molar refractivity (Wildman–Crippen MR) is 73.7 cm³/mol. The zero-order valence-corrected chi connectivity index (χ0v) is 11.1. The lowest BCUT2D eigenvalue weighted by Gasteiger charge is -2.14. The van der Waals surface area contributed by atoms with Crippen LogP contribution in [0.4, 0.5) is 0 Å². The van der Waals surface area contributed by atoms with Crippen molar-refractivity contribution in [2.75, 3.05) is 6.61 Å². The summed E-state index contributed by atoms with van der Waals surface area (Å²) in [5.74, 6) is 0.302. The highest BCUT2D eigenvalue weighted by Crippen LogP contribution is 2.33. The Hall–Kier alpha value is -1.61. The monoisotopic (exact) mass is 255 g/mol. The average molecular weight is 255 g/mol. The molecule has 3 heteroatoms. The number of epoxide rings is 1. The number of ether oxygens (including phenoxy) is 1. The van der Waals surface area contributed by atoms with Gasteiger partial charge in [-0.25, -0.2) is 0 Å². The number of carbonyl (C=O) groups excluding carboxylic acids is 1. The maximum Gasteiger partial charge on any atom is 0.179 e. The molecule has 1 aromatic carbocycles. The summed E-state index contributed by atoms with van der Waals surface area (Å²) in [4.78, 5) is 12.3. The van der Waals surface area contributed by atoms with Gasteiger partial charge in [0.05, 0.1) is 24.9 Å². The number of rotatable bonds is 2. The van der Waals surface area contributed by atoms with Crippen molar-refractivity contribution in [3.05, 3.63) is 35.0 Å². The fourth-order valence-corrected chi connectivity index (χ4v) is 3.22. The van der Waals surface area contributed by atoms with Crippen molar-refractivity contribution >= 4 is 16.7 Å². The number of aryl methyl sites for hydroxylation is 2. The molecule has 1 fully saturated rings. The minimum Gasteiger partial charge on any atom is -0.371 e. The molecular weight excluding hydrogens is 238 g/mol.